The van der Waals surface area contributed by atoms with Gasteiger partial charge in [-0.25, -0.2) is 21.6 Å². The fraction of sp³-hybridized carbons (Fsp3) is 0.0769. The molecule has 0 amide bonds. The van der Waals surface area contributed by atoms with E-state index < -0.39 is 43.6 Å². The first-order chi connectivity index (χ1) is 10.8. The summed E-state index contributed by atoms with van der Waals surface area (Å²) in [6, 6.07) is 5.92. The van der Waals surface area contributed by atoms with Crippen LogP contribution in [0.3, 0.4) is 0 Å². The van der Waals surface area contributed by atoms with Crippen LogP contribution in [0, 0.1) is 17.5 Å². The number of aliphatic hydroxyl groups excluding tert-OH is 1. The number of rotatable bonds is 5. The number of nitrogens with one attached hydrogen (secondary N) is 1. The Morgan fingerprint density at radius 3 is 2.52 bits per heavy atom. The smallest absolute Gasteiger partial charge is 0.266 e. The molecule has 0 heterocycles. The number of anilines is 1. The molecule has 23 heavy (non-hydrogen) atoms. The van der Waals surface area contributed by atoms with Gasteiger partial charge in [0, 0.05) is 10.5 Å². The molecular formula is C13H9BrF3NO4S. The Labute approximate surface area is 137 Å². The topological polar surface area (TPSA) is 75.6 Å². The summed E-state index contributed by atoms with van der Waals surface area (Å²) in [4.78, 5) is -1.06. The van der Waals surface area contributed by atoms with E-state index in [9.17, 15) is 21.6 Å². The van der Waals surface area contributed by atoms with Gasteiger partial charge in [0.05, 0.1) is 5.69 Å². The second kappa shape index (κ2) is 6.77. The van der Waals surface area contributed by atoms with Crippen molar-refractivity contribution in [2.75, 3.05) is 11.5 Å². The highest BCUT2D eigenvalue weighted by Crippen LogP contribution is 2.30. The molecule has 0 atom stereocenters. The summed E-state index contributed by atoms with van der Waals surface area (Å²) in [6.07, 6.45) is 0. The first kappa shape index (κ1) is 17.6. The van der Waals surface area contributed by atoms with E-state index in [1.807, 2.05) is 4.72 Å². The maximum atomic E-state index is 13.8. The molecule has 10 heteroatoms. The third-order valence-electron chi connectivity index (χ3n) is 2.66. The van der Waals surface area contributed by atoms with E-state index in [0.29, 0.717) is 6.07 Å². The summed E-state index contributed by atoms with van der Waals surface area (Å²) in [5.74, 6) is -5.11. The van der Waals surface area contributed by atoms with Crippen molar-refractivity contribution in [1.29, 1.82) is 0 Å². The van der Waals surface area contributed by atoms with Gasteiger partial charge in [0.2, 0.25) is 0 Å². The van der Waals surface area contributed by atoms with Crippen molar-refractivity contribution < 1.29 is 31.4 Å². The van der Waals surface area contributed by atoms with Gasteiger partial charge >= 0.3 is 0 Å². The third kappa shape index (κ3) is 3.77. The van der Waals surface area contributed by atoms with Crippen LogP contribution >= 0.6 is 15.9 Å². The second-order valence-electron chi connectivity index (χ2n) is 4.20. The van der Waals surface area contributed by atoms with Gasteiger partial charge < -0.3 is 9.84 Å². The summed E-state index contributed by atoms with van der Waals surface area (Å²) < 4.78 is 70.9. The average Bonchev–Trinajstić information content (AvgIpc) is 2.44. The molecule has 5 nitrogen and oxygen atoms in total. The predicted molar refractivity (Wildman–Crippen MR) is 79.0 cm³/mol. The fourth-order valence-electron chi connectivity index (χ4n) is 1.73. The van der Waals surface area contributed by atoms with Crippen LogP contribution in [0.4, 0.5) is 18.9 Å². The monoisotopic (exact) mass is 411 g/mol. The van der Waals surface area contributed by atoms with Crippen molar-refractivity contribution in [2.24, 2.45) is 0 Å². The van der Waals surface area contributed by atoms with Gasteiger partial charge in [-0.3, -0.25) is 4.72 Å². The number of hydrogen-bond donors (Lipinski definition) is 2. The van der Waals surface area contributed by atoms with E-state index in [-0.39, 0.29) is 11.4 Å². The standard InChI is InChI=1S/C13H9BrF3NO4S/c14-9-5-10(15)11(16)12(17)13(9)23(20,21)18-7-2-1-3-8(4-7)22-6-19/h1-5,18-19H,6H2. The number of hydrogen-bond acceptors (Lipinski definition) is 4. The molecule has 0 radical (unpaired) electrons. The molecule has 0 bridgehead atoms. The van der Waals surface area contributed by atoms with Crippen LogP contribution in [0.2, 0.25) is 0 Å². The third-order valence-corrected chi connectivity index (χ3v) is 4.99. The van der Waals surface area contributed by atoms with Gasteiger partial charge in [0.15, 0.2) is 24.2 Å². The minimum absolute atomic E-state index is 0.0213. The Hall–Kier alpha value is -1.78. The van der Waals surface area contributed by atoms with Crippen LogP contribution in [0.1, 0.15) is 0 Å². The summed E-state index contributed by atoms with van der Waals surface area (Å²) in [7, 11) is -4.54. The van der Waals surface area contributed by atoms with E-state index in [2.05, 4.69) is 15.9 Å². The van der Waals surface area contributed by atoms with Crippen LogP contribution in [-0.2, 0) is 10.0 Å². The lowest BCUT2D eigenvalue weighted by Crippen LogP contribution is -2.16. The van der Waals surface area contributed by atoms with Crippen LogP contribution < -0.4 is 9.46 Å². The molecule has 2 N–H and O–H groups in total. The summed E-state index contributed by atoms with van der Waals surface area (Å²) in [6.45, 7) is -0.625. The van der Waals surface area contributed by atoms with E-state index in [4.69, 9.17) is 9.84 Å². The lowest BCUT2D eigenvalue weighted by molar-refractivity contribution is 0.0986. The van der Waals surface area contributed by atoms with Crippen LogP contribution in [0.5, 0.6) is 5.75 Å². The van der Waals surface area contributed by atoms with Gasteiger partial charge in [-0.2, -0.15) is 0 Å². The van der Waals surface area contributed by atoms with Gasteiger partial charge in [-0.15, -0.1) is 0 Å². The molecule has 2 aromatic rings. The lowest BCUT2D eigenvalue weighted by atomic mass is 10.3. The molecular weight excluding hydrogens is 403 g/mol. The molecule has 0 unspecified atom stereocenters. The molecule has 0 fully saturated rings. The quantitative estimate of drug-likeness (QED) is 0.450. The SMILES string of the molecule is O=S(=O)(Nc1cccc(OCO)c1)c1c(Br)cc(F)c(F)c1F. The zero-order valence-electron chi connectivity index (χ0n) is 11.2. The Morgan fingerprint density at radius 2 is 1.87 bits per heavy atom. The zero-order chi connectivity index (χ0) is 17.2. The average molecular weight is 412 g/mol. The normalized spacial score (nSPS) is 11.3. The van der Waals surface area contributed by atoms with E-state index in [1.165, 1.54) is 24.3 Å². The van der Waals surface area contributed by atoms with Crippen molar-refractivity contribution in [2.45, 2.75) is 4.90 Å². The minimum Gasteiger partial charge on any atom is -0.468 e. The fourth-order valence-corrected chi connectivity index (χ4v) is 3.92. The number of halogens is 4. The summed E-state index contributed by atoms with van der Waals surface area (Å²) >= 11 is 2.70. The lowest BCUT2D eigenvalue weighted by Gasteiger charge is -2.12. The number of benzene rings is 2. The van der Waals surface area contributed by atoms with Crippen LogP contribution in [0.15, 0.2) is 39.7 Å². The number of ether oxygens (including phenoxy) is 1. The molecule has 0 spiro atoms. The number of aliphatic hydroxyl groups is 1. The Bertz CT molecular complexity index is 845. The molecule has 0 saturated heterocycles. The van der Waals surface area contributed by atoms with Crippen molar-refractivity contribution >= 4 is 31.6 Å². The largest absolute Gasteiger partial charge is 0.468 e. The van der Waals surface area contributed by atoms with Crippen molar-refractivity contribution in [3.63, 3.8) is 0 Å². The van der Waals surface area contributed by atoms with Gasteiger partial charge in [-0.1, -0.05) is 6.07 Å². The molecule has 2 aromatic carbocycles. The first-order valence-electron chi connectivity index (χ1n) is 5.96. The summed E-state index contributed by atoms with van der Waals surface area (Å²) in [5, 5.41) is 8.66. The number of sulfonamides is 1. The van der Waals surface area contributed by atoms with Gasteiger partial charge in [0.25, 0.3) is 10.0 Å². The molecule has 0 aliphatic heterocycles. The highest BCUT2D eigenvalue weighted by Gasteiger charge is 2.28. The van der Waals surface area contributed by atoms with Crippen molar-refractivity contribution in [3.05, 3.63) is 52.3 Å². The van der Waals surface area contributed by atoms with E-state index in [1.54, 1.807) is 0 Å². The van der Waals surface area contributed by atoms with Crippen molar-refractivity contribution in [3.8, 4) is 5.75 Å². The highest BCUT2D eigenvalue weighted by atomic mass is 79.9. The molecule has 0 saturated carbocycles. The van der Waals surface area contributed by atoms with Crippen molar-refractivity contribution in [1.82, 2.24) is 0 Å². The molecule has 0 aliphatic carbocycles. The molecule has 0 aromatic heterocycles. The maximum absolute atomic E-state index is 13.8. The van der Waals surface area contributed by atoms with Crippen LogP contribution in [-0.4, -0.2) is 20.3 Å². The highest BCUT2D eigenvalue weighted by molar-refractivity contribution is 9.10. The second-order valence-corrected chi connectivity index (χ2v) is 6.68. The molecule has 2 rings (SSSR count). The van der Waals surface area contributed by atoms with E-state index >= 15 is 0 Å². The first-order valence-corrected chi connectivity index (χ1v) is 8.23. The zero-order valence-corrected chi connectivity index (χ0v) is 13.6. The Balaban J connectivity index is 2.44. The maximum Gasteiger partial charge on any atom is 0.266 e. The Kier molecular flexibility index (Phi) is 5.17. The molecule has 124 valence electrons. The van der Waals surface area contributed by atoms with Gasteiger partial charge in [-0.05, 0) is 34.1 Å². The summed E-state index contributed by atoms with van der Waals surface area (Å²) in [5.41, 5.74) is -0.0213. The van der Waals surface area contributed by atoms with E-state index in [0.717, 1.165) is 0 Å². The minimum atomic E-state index is -4.54. The van der Waals surface area contributed by atoms with Crippen LogP contribution in [0.25, 0.3) is 0 Å². The Morgan fingerprint density at radius 1 is 1.17 bits per heavy atom. The van der Waals surface area contributed by atoms with Gasteiger partial charge in [0.1, 0.15) is 10.6 Å². The predicted octanol–water partition coefficient (Wildman–Crippen LogP) is 3.00. The molecule has 0 aliphatic rings.